The van der Waals surface area contributed by atoms with Crippen LogP contribution in [0.25, 0.3) is 113 Å². The summed E-state index contributed by atoms with van der Waals surface area (Å²) in [6.07, 6.45) is 0. The summed E-state index contributed by atoms with van der Waals surface area (Å²) in [5, 5.41) is 4.89. The first-order chi connectivity index (χ1) is 30.7. The standard InChI is InChI=1S/C51H30N4S2/c1-2-14-31(15-3-1)49-52-50(54-51(53-49)40-22-13-27-46-47(40)39-19-7-11-26-45(39)56-46)32-28-29-35(37-20-12-21-38-36-18-6-10-25-44(36)57-48(37)38)43(30-32)55-41-23-8-4-16-33(41)34-17-5-9-24-42(34)55/h1-30H/i6D,12D,18D,20D,21D,25D. The highest BCUT2D eigenvalue weighted by Gasteiger charge is 2.21. The summed E-state index contributed by atoms with van der Waals surface area (Å²) in [6, 6.07) is 47.3. The van der Waals surface area contributed by atoms with E-state index < -0.39 is 0 Å². The zero-order chi connectivity index (χ0) is 42.7. The Balaban J connectivity index is 1.19. The molecule has 4 nitrogen and oxygen atoms in total. The second-order valence-electron chi connectivity index (χ2n) is 13.9. The molecule has 0 N–H and O–H groups in total. The van der Waals surface area contributed by atoms with E-state index in [-0.39, 0.29) is 36.3 Å². The lowest BCUT2D eigenvalue weighted by molar-refractivity contribution is 1.07. The van der Waals surface area contributed by atoms with Gasteiger partial charge in [-0.1, -0.05) is 145 Å². The Labute approximate surface area is 344 Å². The lowest BCUT2D eigenvalue weighted by Crippen LogP contribution is -2.02. The van der Waals surface area contributed by atoms with E-state index in [2.05, 4.69) is 65.2 Å². The Bertz CT molecular complexity index is 3840. The van der Waals surface area contributed by atoms with E-state index >= 15 is 0 Å². The van der Waals surface area contributed by atoms with Gasteiger partial charge in [0.1, 0.15) is 0 Å². The molecule has 0 bridgehead atoms. The minimum absolute atomic E-state index is 0.0691. The largest absolute Gasteiger partial charge is 0.309 e. The number of rotatable bonds is 5. The van der Waals surface area contributed by atoms with Crippen molar-refractivity contribution in [2.45, 2.75) is 0 Å². The molecule has 0 aliphatic carbocycles. The number of nitrogens with zero attached hydrogens (tertiary/aromatic N) is 4. The van der Waals surface area contributed by atoms with Gasteiger partial charge in [-0.15, -0.1) is 22.7 Å². The Morgan fingerprint density at radius 1 is 0.421 bits per heavy atom. The van der Waals surface area contributed by atoms with E-state index in [9.17, 15) is 1.37 Å². The van der Waals surface area contributed by atoms with Crippen molar-refractivity contribution >= 4 is 84.8 Å². The number of thiophene rings is 2. The Hall–Kier alpha value is -6.99. The average molecular weight is 769 g/mol. The van der Waals surface area contributed by atoms with Crippen LogP contribution >= 0.6 is 22.7 Å². The average Bonchev–Trinajstić information content (AvgIpc) is 4.01. The molecule has 0 aliphatic heterocycles. The molecule has 12 aromatic rings. The third-order valence-electron chi connectivity index (χ3n) is 10.6. The SMILES string of the molecule is [2H]c1cc([2H])c2sc3c(-c4ccc(-c5nc(-c6ccccc6)nc(-c6cccc7sc8ccccc8c67)n5)cc4-n4c5ccccc5c5ccccc54)c([2H])c([2H])c([2H])c3c2c1[2H]. The molecular formula is C51H30N4S2. The summed E-state index contributed by atoms with van der Waals surface area (Å²) in [5.74, 6) is 1.50. The molecule has 6 heteroatoms. The summed E-state index contributed by atoms with van der Waals surface area (Å²) in [6.45, 7) is 0. The fraction of sp³-hybridized carbons (Fsp3) is 0. The fourth-order valence-electron chi connectivity index (χ4n) is 8.11. The molecule has 0 saturated carbocycles. The zero-order valence-corrected chi connectivity index (χ0v) is 31.6. The molecular weight excluding hydrogens is 733 g/mol. The fourth-order valence-corrected chi connectivity index (χ4v) is 10.3. The van der Waals surface area contributed by atoms with Gasteiger partial charge < -0.3 is 4.57 Å². The van der Waals surface area contributed by atoms with Crippen LogP contribution in [0.4, 0.5) is 0 Å². The van der Waals surface area contributed by atoms with Gasteiger partial charge in [0.05, 0.1) is 24.9 Å². The van der Waals surface area contributed by atoms with Gasteiger partial charge in [-0.3, -0.25) is 0 Å². The number of aromatic nitrogens is 4. The van der Waals surface area contributed by atoms with Crippen molar-refractivity contribution in [1.82, 2.24) is 19.5 Å². The second kappa shape index (κ2) is 12.8. The van der Waals surface area contributed by atoms with E-state index in [4.69, 9.17) is 21.8 Å². The molecule has 0 atom stereocenters. The van der Waals surface area contributed by atoms with Crippen LogP contribution in [-0.4, -0.2) is 19.5 Å². The molecule has 4 aromatic heterocycles. The highest BCUT2D eigenvalue weighted by Crippen LogP contribution is 2.45. The third-order valence-corrected chi connectivity index (χ3v) is 12.9. The van der Waals surface area contributed by atoms with Crippen LogP contribution < -0.4 is 0 Å². The third kappa shape index (κ3) is 5.08. The van der Waals surface area contributed by atoms with Crippen LogP contribution in [0.3, 0.4) is 0 Å². The maximum atomic E-state index is 9.53. The molecule has 0 fully saturated rings. The number of para-hydroxylation sites is 2. The molecule has 12 rings (SSSR count). The van der Waals surface area contributed by atoms with Crippen LogP contribution in [0.15, 0.2) is 182 Å². The van der Waals surface area contributed by atoms with E-state index in [0.717, 1.165) is 48.4 Å². The number of hydrogen-bond acceptors (Lipinski definition) is 5. The molecule has 0 spiro atoms. The summed E-state index contributed by atoms with van der Waals surface area (Å²) in [4.78, 5) is 15.5. The molecule has 266 valence electrons. The molecule has 57 heavy (non-hydrogen) atoms. The van der Waals surface area contributed by atoms with Crippen molar-refractivity contribution in [1.29, 1.82) is 0 Å². The van der Waals surface area contributed by atoms with Gasteiger partial charge in [0, 0.05) is 78.9 Å². The normalized spacial score (nSPS) is 13.3. The lowest BCUT2D eigenvalue weighted by atomic mass is 9.98. The van der Waals surface area contributed by atoms with Crippen molar-refractivity contribution in [2.24, 2.45) is 0 Å². The Morgan fingerprint density at radius 3 is 1.93 bits per heavy atom. The molecule has 0 radical (unpaired) electrons. The van der Waals surface area contributed by atoms with Gasteiger partial charge in [-0.2, -0.15) is 0 Å². The van der Waals surface area contributed by atoms with Gasteiger partial charge in [-0.05, 0) is 36.4 Å². The first-order valence-corrected chi connectivity index (χ1v) is 20.2. The van der Waals surface area contributed by atoms with Gasteiger partial charge in [-0.25, -0.2) is 15.0 Å². The van der Waals surface area contributed by atoms with Gasteiger partial charge >= 0.3 is 0 Å². The van der Waals surface area contributed by atoms with Crippen LogP contribution in [0.5, 0.6) is 0 Å². The number of benzene rings is 8. The van der Waals surface area contributed by atoms with Gasteiger partial charge in [0.2, 0.25) is 0 Å². The predicted molar refractivity (Wildman–Crippen MR) is 242 cm³/mol. The topological polar surface area (TPSA) is 43.6 Å². The number of fused-ring (bicyclic) bond motifs is 9. The van der Waals surface area contributed by atoms with Crippen molar-refractivity contribution < 1.29 is 8.22 Å². The summed E-state index contributed by atoms with van der Waals surface area (Å²) in [7, 11) is 0. The van der Waals surface area contributed by atoms with Crippen molar-refractivity contribution in [3.8, 4) is 51.0 Å². The summed E-state index contributed by atoms with van der Waals surface area (Å²) < 4.78 is 59.4. The van der Waals surface area contributed by atoms with Crippen LogP contribution in [0.1, 0.15) is 8.22 Å². The molecule has 0 amide bonds. The molecule has 0 aliphatic rings. The van der Waals surface area contributed by atoms with E-state index in [1.165, 1.54) is 22.1 Å². The van der Waals surface area contributed by atoms with Crippen LogP contribution in [0, 0.1) is 0 Å². The van der Waals surface area contributed by atoms with E-state index in [1.807, 2.05) is 78.9 Å². The Kier molecular flexibility index (Phi) is 6.00. The minimum atomic E-state index is -0.291. The van der Waals surface area contributed by atoms with Crippen molar-refractivity contribution in [3.63, 3.8) is 0 Å². The first kappa shape index (κ1) is 26.8. The molecule has 0 saturated heterocycles. The lowest BCUT2D eigenvalue weighted by Gasteiger charge is -2.17. The predicted octanol–water partition coefficient (Wildman–Crippen LogP) is 14.4. The van der Waals surface area contributed by atoms with E-state index in [1.54, 1.807) is 11.3 Å². The van der Waals surface area contributed by atoms with Crippen molar-refractivity contribution in [2.75, 3.05) is 0 Å². The molecule has 0 unspecified atom stereocenters. The number of hydrogen-bond donors (Lipinski definition) is 0. The first-order valence-electron chi connectivity index (χ1n) is 21.5. The highest BCUT2D eigenvalue weighted by molar-refractivity contribution is 7.26. The maximum Gasteiger partial charge on any atom is 0.164 e. The van der Waals surface area contributed by atoms with Gasteiger partial charge in [0.25, 0.3) is 0 Å². The smallest absolute Gasteiger partial charge is 0.164 e. The highest BCUT2D eigenvalue weighted by atomic mass is 32.1. The maximum absolute atomic E-state index is 9.53. The van der Waals surface area contributed by atoms with Crippen LogP contribution in [-0.2, 0) is 0 Å². The zero-order valence-electron chi connectivity index (χ0n) is 36.0. The second-order valence-corrected chi connectivity index (χ2v) is 16.0. The van der Waals surface area contributed by atoms with E-state index in [0.29, 0.717) is 60.0 Å². The quantitative estimate of drug-likeness (QED) is 0.175. The molecule has 8 aromatic carbocycles. The van der Waals surface area contributed by atoms with Gasteiger partial charge in [0.15, 0.2) is 17.5 Å². The summed E-state index contributed by atoms with van der Waals surface area (Å²) >= 11 is 2.97. The molecule has 4 heterocycles. The Morgan fingerprint density at radius 2 is 1.11 bits per heavy atom. The minimum Gasteiger partial charge on any atom is -0.309 e. The summed E-state index contributed by atoms with van der Waals surface area (Å²) in [5.41, 5.74) is 6.02. The monoisotopic (exact) mass is 768 g/mol. The van der Waals surface area contributed by atoms with Crippen LogP contribution in [0.2, 0.25) is 0 Å². The van der Waals surface area contributed by atoms with Crippen molar-refractivity contribution in [3.05, 3.63) is 182 Å².